The summed E-state index contributed by atoms with van der Waals surface area (Å²) in [6, 6.07) is 6.46. The van der Waals surface area contributed by atoms with Crippen LogP contribution in [0.3, 0.4) is 0 Å². The second kappa shape index (κ2) is 6.41. The molecule has 0 radical (unpaired) electrons. The Balaban J connectivity index is 1.83. The molecule has 3 aromatic rings. The van der Waals surface area contributed by atoms with Gasteiger partial charge in [-0.3, -0.25) is 14.9 Å². The fourth-order valence-corrected chi connectivity index (χ4v) is 2.19. The maximum Gasteiger partial charge on any atom is 0.267 e. The SMILES string of the molecule is Cc1cc(C)n(-c2ccc(=O)n(CC(=O)Nc3ncccn3)n2)n1. The van der Waals surface area contributed by atoms with Crippen LogP contribution in [0.25, 0.3) is 5.82 Å². The fraction of sp³-hybridized carbons (Fsp3) is 0.200. The van der Waals surface area contributed by atoms with E-state index in [0.717, 1.165) is 16.1 Å². The molecular weight excluding hydrogens is 310 g/mol. The normalized spacial score (nSPS) is 10.6. The van der Waals surface area contributed by atoms with Gasteiger partial charge in [-0.05, 0) is 32.0 Å². The third kappa shape index (κ3) is 3.35. The molecule has 1 N–H and O–H groups in total. The first-order valence-corrected chi connectivity index (χ1v) is 7.21. The van der Waals surface area contributed by atoms with Crippen LogP contribution in [0.5, 0.6) is 0 Å². The van der Waals surface area contributed by atoms with Crippen LogP contribution in [-0.2, 0) is 11.3 Å². The number of carbonyl (C=O) groups is 1. The Morgan fingerprint density at radius 3 is 2.58 bits per heavy atom. The number of carbonyl (C=O) groups excluding carboxylic acids is 1. The van der Waals surface area contributed by atoms with Gasteiger partial charge in [0.25, 0.3) is 5.56 Å². The van der Waals surface area contributed by atoms with Gasteiger partial charge in [-0.15, -0.1) is 5.10 Å². The number of aryl methyl sites for hydroxylation is 2. The van der Waals surface area contributed by atoms with Crippen molar-refractivity contribution in [3.05, 3.63) is 58.4 Å². The summed E-state index contributed by atoms with van der Waals surface area (Å²) in [5.74, 6) is 0.190. The summed E-state index contributed by atoms with van der Waals surface area (Å²) in [6.45, 7) is 3.51. The Labute approximate surface area is 137 Å². The van der Waals surface area contributed by atoms with Crippen molar-refractivity contribution in [1.29, 1.82) is 0 Å². The molecule has 0 saturated carbocycles. The van der Waals surface area contributed by atoms with Gasteiger partial charge in [-0.2, -0.15) is 5.10 Å². The molecule has 3 heterocycles. The first kappa shape index (κ1) is 15.5. The van der Waals surface area contributed by atoms with Gasteiger partial charge in [0, 0.05) is 24.2 Å². The van der Waals surface area contributed by atoms with Crippen molar-refractivity contribution in [2.75, 3.05) is 5.32 Å². The standard InChI is InChI=1S/C15H15N7O2/c1-10-8-11(2)22(19-10)12-4-5-14(24)21(20-12)9-13(23)18-15-16-6-3-7-17-15/h3-8H,9H2,1-2H3,(H,16,17,18,23). The molecule has 122 valence electrons. The number of hydrogen-bond donors (Lipinski definition) is 1. The predicted molar refractivity (Wildman–Crippen MR) is 85.8 cm³/mol. The number of nitrogens with zero attached hydrogens (tertiary/aromatic N) is 6. The average Bonchev–Trinajstić information content (AvgIpc) is 2.89. The number of anilines is 1. The van der Waals surface area contributed by atoms with Crippen molar-refractivity contribution in [2.24, 2.45) is 0 Å². The predicted octanol–water partition coefficient (Wildman–Crippen LogP) is 0.475. The molecule has 0 spiro atoms. The monoisotopic (exact) mass is 325 g/mol. The second-order valence-corrected chi connectivity index (χ2v) is 5.15. The highest BCUT2D eigenvalue weighted by atomic mass is 16.2. The van der Waals surface area contributed by atoms with Crippen molar-refractivity contribution in [3.8, 4) is 5.82 Å². The number of hydrogen-bond acceptors (Lipinski definition) is 6. The summed E-state index contributed by atoms with van der Waals surface area (Å²) < 4.78 is 2.69. The third-order valence-corrected chi connectivity index (χ3v) is 3.19. The van der Waals surface area contributed by atoms with Gasteiger partial charge in [-0.25, -0.2) is 19.3 Å². The lowest BCUT2D eigenvalue weighted by Gasteiger charge is -2.08. The minimum Gasteiger partial charge on any atom is -0.293 e. The first-order chi connectivity index (χ1) is 11.5. The van der Waals surface area contributed by atoms with Crippen LogP contribution in [0.1, 0.15) is 11.4 Å². The van der Waals surface area contributed by atoms with Crippen molar-refractivity contribution in [2.45, 2.75) is 20.4 Å². The van der Waals surface area contributed by atoms with E-state index >= 15 is 0 Å². The molecule has 0 atom stereocenters. The van der Waals surface area contributed by atoms with Crippen molar-refractivity contribution in [3.63, 3.8) is 0 Å². The van der Waals surface area contributed by atoms with Crippen LogP contribution < -0.4 is 10.9 Å². The molecule has 1 amide bonds. The van der Waals surface area contributed by atoms with E-state index in [9.17, 15) is 9.59 Å². The molecule has 0 aliphatic carbocycles. The Kier molecular flexibility index (Phi) is 4.15. The first-order valence-electron chi connectivity index (χ1n) is 7.21. The average molecular weight is 325 g/mol. The Hall–Kier alpha value is -3.36. The highest BCUT2D eigenvalue weighted by Crippen LogP contribution is 2.07. The summed E-state index contributed by atoms with van der Waals surface area (Å²) >= 11 is 0. The number of amides is 1. The Bertz CT molecular complexity index is 930. The van der Waals surface area contributed by atoms with E-state index in [1.807, 2.05) is 19.9 Å². The van der Waals surface area contributed by atoms with E-state index < -0.39 is 5.91 Å². The molecule has 0 bridgehead atoms. The Morgan fingerprint density at radius 1 is 1.17 bits per heavy atom. The van der Waals surface area contributed by atoms with Gasteiger partial charge in [0.2, 0.25) is 11.9 Å². The number of nitrogens with one attached hydrogen (secondary N) is 1. The van der Waals surface area contributed by atoms with E-state index in [2.05, 4.69) is 25.5 Å². The second-order valence-electron chi connectivity index (χ2n) is 5.15. The summed E-state index contributed by atoms with van der Waals surface area (Å²) in [4.78, 5) is 31.8. The lowest BCUT2D eigenvalue weighted by atomic mass is 10.4. The maximum atomic E-state index is 12.0. The van der Waals surface area contributed by atoms with Gasteiger partial charge in [0.15, 0.2) is 5.82 Å². The van der Waals surface area contributed by atoms with Gasteiger partial charge in [0.1, 0.15) is 6.54 Å². The molecule has 0 aliphatic heterocycles. The quantitative estimate of drug-likeness (QED) is 0.747. The molecule has 24 heavy (non-hydrogen) atoms. The lowest BCUT2D eigenvalue weighted by molar-refractivity contribution is -0.117. The number of rotatable bonds is 4. The molecule has 0 unspecified atom stereocenters. The third-order valence-electron chi connectivity index (χ3n) is 3.19. The van der Waals surface area contributed by atoms with Gasteiger partial charge in [-0.1, -0.05) is 0 Å². The zero-order valence-corrected chi connectivity index (χ0v) is 13.2. The molecule has 0 aromatic carbocycles. The minimum atomic E-state index is -0.443. The maximum absolute atomic E-state index is 12.0. The molecule has 9 nitrogen and oxygen atoms in total. The summed E-state index contributed by atoms with van der Waals surface area (Å²) in [5, 5.41) is 11.0. The fourth-order valence-electron chi connectivity index (χ4n) is 2.19. The van der Waals surface area contributed by atoms with Crippen LogP contribution in [0.4, 0.5) is 5.95 Å². The topological polar surface area (TPSA) is 108 Å². The van der Waals surface area contributed by atoms with Crippen LogP contribution in [0.2, 0.25) is 0 Å². The van der Waals surface area contributed by atoms with E-state index in [1.165, 1.54) is 18.5 Å². The van der Waals surface area contributed by atoms with E-state index in [0.29, 0.717) is 5.82 Å². The molecule has 0 saturated heterocycles. The van der Waals surface area contributed by atoms with E-state index in [-0.39, 0.29) is 18.1 Å². The molecular formula is C15H15N7O2. The van der Waals surface area contributed by atoms with E-state index in [1.54, 1.807) is 16.8 Å². The zero-order chi connectivity index (χ0) is 17.1. The zero-order valence-electron chi connectivity index (χ0n) is 13.2. The van der Waals surface area contributed by atoms with Gasteiger partial charge in [0.05, 0.1) is 5.69 Å². The molecule has 0 fully saturated rings. The van der Waals surface area contributed by atoms with E-state index in [4.69, 9.17) is 0 Å². The smallest absolute Gasteiger partial charge is 0.267 e. The molecule has 9 heteroatoms. The highest BCUT2D eigenvalue weighted by molar-refractivity contribution is 5.88. The molecule has 3 rings (SSSR count). The largest absolute Gasteiger partial charge is 0.293 e. The van der Waals surface area contributed by atoms with Gasteiger partial charge < -0.3 is 0 Å². The van der Waals surface area contributed by atoms with Crippen LogP contribution >= 0.6 is 0 Å². The van der Waals surface area contributed by atoms with Gasteiger partial charge >= 0.3 is 0 Å². The lowest BCUT2D eigenvalue weighted by Crippen LogP contribution is -2.30. The molecule has 0 aliphatic rings. The van der Waals surface area contributed by atoms with Crippen molar-refractivity contribution in [1.82, 2.24) is 29.5 Å². The van der Waals surface area contributed by atoms with Crippen molar-refractivity contribution >= 4 is 11.9 Å². The minimum absolute atomic E-state index is 0.172. The summed E-state index contributed by atoms with van der Waals surface area (Å²) in [6.07, 6.45) is 3.02. The van der Waals surface area contributed by atoms with Crippen LogP contribution in [-0.4, -0.2) is 35.4 Å². The Morgan fingerprint density at radius 2 is 1.92 bits per heavy atom. The highest BCUT2D eigenvalue weighted by Gasteiger charge is 2.11. The van der Waals surface area contributed by atoms with Crippen LogP contribution in [0.15, 0.2) is 41.5 Å². The molecule has 3 aromatic heterocycles. The summed E-state index contributed by atoms with van der Waals surface area (Å²) in [7, 11) is 0. The number of aromatic nitrogens is 6. The summed E-state index contributed by atoms with van der Waals surface area (Å²) in [5.41, 5.74) is 1.34. The van der Waals surface area contributed by atoms with Crippen molar-refractivity contribution < 1.29 is 4.79 Å². The van der Waals surface area contributed by atoms with Crippen LogP contribution in [0, 0.1) is 13.8 Å².